The van der Waals surface area contributed by atoms with Gasteiger partial charge < -0.3 is 9.80 Å². The Bertz CT molecular complexity index is 413. The molecule has 0 bridgehead atoms. The van der Waals surface area contributed by atoms with Crippen LogP contribution in [0.3, 0.4) is 0 Å². The fraction of sp³-hybridized carbons (Fsp3) is 0.571. The van der Waals surface area contributed by atoms with Gasteiger partial charge in [-0.1, -0.05) is 17.7 Å². The Morgan fingerprint density at radius 3 is 2.75 bits per heavy atom. The first-order valence-corrected chi connectivity index (χ1v) is 6.15. The fourth-order valence-electron chi connectivity index (χ4n) is 3.39. The van der Waals surface area contributed by atoms with Crippen LogP contribution in [0.4, 0.5) is 5.69 Å². The van der Waals surface area contributed by atoms with Gasteiger partial charge in [-0.2, -0.15) is 0 Å². The number of likely N-dealkylation sites (N-methyl/N-ethyl adjacent to an activating group) is 1. The number of aryl methyl sites for hydroxylation is 1. The van der Waals surface area contributed by atoms with Gasteiger partial charge >= 0.3 is 0 Å². The largest absolute Gasteiger partial charge is 0.374 e. The predicted molar refractivity (Wildman–Crippen MR) is 68.2 cm³/mol. The summed E-state index contributed by atoms with van der Waals surface area (Å²) in [6.07, 6.45) is 0. The summed E-state index contributed by atoms with van der Waals surface area (Å²) in [6.45, 7) is 5.89. The summed E-state index contributed by atoms with van der Waals surface area (Å²) < 4.78 is 0. The highest BCUT2D eigenvalue weighted by molar-refractivity contribution is 5.58. The molecule has 0 aliphatic carbocycles. The van der Waals surface area contributed by atoms with E-state index in [1.54, 1.807) is 5.56 Å². The van der Waals surface area contributed by atoms with Gasteiger partial charge in [0.1, 0.15) is 0 Å². The van der Waals surface area contributed by atoms with Crippen molar-refractivity contribution in [3.63, 3.8) is 0 Å². The van der Waals surface area contributed by atoms with E-state index < -0.39 is 0 Å². The molecule has 2 aliphatic rings. The third-order valence-corrected chi connectivity index (χ3v) is 4.13. The lowest BCUT2D eigenvalue weighted by atomic mass is 9.83. The van der Waals surface area contributed by atoms with Gasteiger partial charge in [0.25, 0.3) is 0 Å². The zero-order valence-electron chi connectivity index (χ0n) is 10.4. The highest BCUT2D eigenvalue weighted by Gasteiger charge is 2.37. The van der Waals surface area contributed by atoms with Crippen molar-refractivity contribution < 1.29 is 0 Å². The standard InChI is InChI=1S/C14H20N2/c1-10-4-5-14-12(6-10)13-9-15(2)7-11(13)8-16(14)3/h4-6,11,13H,7-9H2,1-3H3/t11-,13-/m1/s1. The van der Waals surface area contributed by atoms with Gasteiger partial charge in [-0.25, -0.2) is 0 Å². The van der Waals surface area contributed by atoms with Gasteiger partial charge in [-0.3, -0.25) is 0 Å². The first-order chi connectivity index (χ1) is 7.65. The minimum absolute atomic E-state index is 0.760. The van der Waals surface area contributed by atoms with E-state index in [0.717, 1.165) is 11.8 Å². The maximum absolute atomic E-state index is 2.47. The Balaban J connectivity index is 2.07. The van der Waals surface area contributed by atoms with Crippen molar-refractivity contribution in [2.75, 3.05) is 38.6 Å². The maximum Gasteiger partial charge on any atom is 0.0399 e. The Morgan fingerprint density at radius 1 is 1.12 bits per heavy atom. The first kappa shape index (κ1) is 10.2. The maximum atomic E-state index is 2.47. The minimum atomic E-state index is 0.760. The zero-order chi connectivity index (χ0) is 11.3. The van der Waals surface area contributed by atoms with Crippen LogP contribution in [0.2, 0.25) is 0 Å². The van der Waals surface area contributed by atoms with Crippen LogP contribution in [0.1, 0.15) is 17.0 Å². The molecule has 2 heteroatoms. The SMILES string of the molecule is Cc1ccc2c(c1)[C@@H]1CN(C)C[C@@H]1CN2C. The number of rotatable bonds is 0. The van der Waals surface area contributed by atoms with Gasteiger partial charge in [-0.15, -0.1) is 0 Å². The molecule has 0 spiro atoms. The van der Waals surface area contributed by atoms with E-state index in [1.165, 1.54) is 30.9 Å². The summed E-state index contributed by atoms with van der Waals surface area (Å²) in [5, 5.41) is 0. The summed E-state index contributed by atoms with van der Waals surface area (Å²) in [7, 11) is 4.47. The van der Waals surface area contributed by atoms with Crippen molar-refractivity contribution in [3.05, 3.63) is 29.3 Å². The Kier molecular flexibility index (Phi) is 2.21. The lowest BCUT2D eigenvalue weighted by Gasteiger charge is -2.35. The Morgan fingerprint density at radius 2 is 1.94 bits per heavy atom. The molecule has 0 N–H and O–H groups in total. The van der Waals surface area contributed by atoms with Gasteiger partial charge in [0.05, 0.1) is 0 Å². The van der Waals surface area contributed by atoms with Crippen LogP contribution in [0.5, 0.6) is 0 Å². The fourth-order valence-corrected chi connectivity index (χ4v) is 3.39. The molecular weight excluding hydrogens is 196 g/mol. The predicted octanol–water partition coefficient (Wildman–Crippen LogP) is 2.09. The molecule has 0 saturated carbocycles. The second kappa shape index (κ2) is 3.49. The van der Waals surface area contributed by atoms with Gasteiger partial charge in [-0.05, 0) is 31.5 Å². The van der Waals surface area contributed by atoms with Gasteiger partial charge in [0.15, 0.2) is 0 Å². The van der Waals surface area contributed by atoms with E-state index in [4.69, 9.17) is 0 Å². The second-order valence-corrected chi connectivity index (χ2v) is 5.53. The van der Waals surface area contributed by atoms with Crippen LogP contribution < -0.4 is 4.90 Å². The number of nitrogens with zero attached hydrogens (tertiary/aromatic N) is 2. The third-order valence-electron chi connectivity index (χ3n) is 4.13. The molecule has 1 aromatic rings. The van der Waals surface area contributed by atoms with Crippen molar-refractivity contribution in [1.29, 1.82) is 0 Å². The molecule has 0 amide bonds. The van der Waals surface area contributed by atoms with Crippen LogP contribution in [0.25, 0.3) is 0 Å². The van der Waals surface area contributed by atoms with Crippen LogP contribution >= 0.6 is 0 Å². The normalized spacial score (nSPS) is 29.1. The molecule has 2 nitrogen and oxygen atoms in total. The Hall–Kier alpha value is -1.02. The quantitative estimate of drug-likeness (QED) is 0.655. The smallest absolute Gasteiger partial charge is 0.0399 e. The van der Waals surface area contributed by atoms with E-state index in [9.17, 15) is 0 Å². The topological polar surface area (TPSA) is 6.48 Å². The molecule has 3 rings (SSSR count). The highest BCUT2D eigenvalue weighted by atomic mass is 15.2. The average Bonchev–Trinajstić information content (AvgIpc) is 2.59. The van der Waals surface area contributed by atoms with Crippen LogP contribution in [-0.2, 0) is 0 Å². The molecule has 2 aliphatic heterocycles. The number of fused-ring (bicyclic) bond motifs is 3. The highest BCUT2D eigenvalue weighted by Crippen LogP contribution is 2.42. The average molecular weight is 216 g/mol. The molecule has 2 heterocycles. The van der Waals surface area contributed by atoms with Crippen molar-refractivity contribution in [1.82, 2.24) is 4.90 Å². The molecule has 1 aromatic carbocycles. The summed E-state index contributed by atoms with van der Waals surface area (Å²) in [6, 6.07) is 6.91. The van der Waals surface area contributed by atoms with Crippen LogP contribution in [0.15, 0.2) is 18.2 Å². The van der Waals surface area contributed by atoms with Crippen molar-refractivity contribution in [2.45, 2.75) is 12.8 Å². The molecule has 2 atom stereocenters. The molecule has 0 unspecified atom stereocenters. The number of hydrogen-bond donors (Lipinski definition) is 0. The summed E-state index contributed by atoms with van der Waals surface area (Å²) in [5.74, 6) is 1.58. The number of hydrogen-bond acceptors (Lipinski definition) is 2. The van der Waals surface area contributed by atoms with Crippen molar-refractivity contribution in [3.8, 4) is 0 Å². The van der Waals surface area contributed by atoms with E-state index in [0.29, 0.717) is 0 Å². The number of likely N-dealkylation sites (tertiary alicyclic amines) is 1. The van der Waals surface area contributed by atoms with Gasteiger partial charge in [0.2, 0.25) is 0 Å². The Labute approximate surface area is 97.9 Å². The summed E-state index contributed by atoms with van der Waals surface area (Å²) in [5.41, 5.74) is 4.41. The van der Waals surface area contributed by atoms with E-state index in [-0.39, 0.29) is 0 Å². The van der Waals surface area contributed by atoms with Crippen molar-refractivity contribution >= 4 is 5.69 Å². The second-order valence-electron chi connectivity index (χ2n) is 5.53. The molecule has 16 heavy (non-hydrogen) atoms. The molecule has 0 aromatic heterocycles. The third kappa shape index (κ3) is 1.44. The van der Waals surface area contributed by atoms with Crippen LogP contribution in [-0.4, -0.2) is 38.6 Å². The zero-order valence-corrected chi connectivity index (χ0v) is 10.4. The first-order valence-electron chi connectivity index (χ1n) is 6.15. The molecule has 1 fully saturated rings. The minimum Gasteiger partial charge on any atom is -0.374 e. The lowest BCUT2D eigenvalue weighted by Crippen LogP contribution is -2.34. The van der Waals surface area contributed by atoms with Crippen LogP contribution in [0, 0.1) is 12.8 Å². The lowest BCUT2D eigenvalue weighted by molar-refractivity contribution is 0.396. The summed E-state index contributed by atoms with van der Waals surface area (Å²) >= 11 is 0. The van der Waals surface area contributed by atoms with E-state index >= 15 is 0 Å². The van der Waals surface area contributed by atoms with E-state index in [2.05, 4.69) is 49.0 Å². The summed E-state index contributed by atoms with van der Waals surface area (Å²) in [4.78, 5) is 4.90. The molecule has 0 radical (unpaired) electrons. The molecule has 1 saturated heterocycles. The molecular formula is C14H20N2. The number of anilines is 1. The number of benzene rings is 1. The van der Waals surface area contributed by atoms with Crippen molar-refractivity contribution in [2.24, 2.45) is 5.92 Å². The van der Waals surface area contributed by atoms with Gasteiger partial charge in [0, 0.05) is 38.3 Å². The monoisotopic (exact) mass is 216 g/mol. The van der Waals surface area contributed by atoms with E-state index in [1.807, 2.05) is 0 Å². The molecule has 86 valence electrons.